The number of hydrogen-bond acceptors (Lipinski definition) is 4. The quantitative estimate of drug-likeness (QED) is 0.699. The number of benzene rings is 2. The second kappa shape index (κ2) is 6.87. The molecule has 2 heterocycles. The smallest absolute Gasteiger partial charge is 0.336 e. The molecule has 0 atom stereocenters. The fourth-order valence-corrected chi connectivity index (χ4v) is 3.63. The molecule has 3 aromatic rings. The predicted octanol–water partition coefficient (Wildman–Crippen LogP) is 4.62. The summed E-state index contributed by atoms with van der Waals surface area (Å²) in [5, 5.41) is 4.43. The van der Waals surface area contributed by atoms with Crippen LogP contribution in [-0.2, 0) is 6.54 Å². The largest absolute Gasteiger partial charge is 0.422 e. The van der Waals surface area contributed by atoms with Gasteiger partial charge in [0.2, 0.25) is 0 Å². The molecule has 0 bridgehead atoms. The van der Waals surface area contributed by atoms with Gasteiger partial charge in [0.1, 0.15) is 5.58 Å². The minimum absolute atomic E-state index is 0.299. The Labute approximate surface area is 153 Å². The molecule has 1 N–H and O–H groups in total. The highest BCUT2D eigenvalue weighted by Crippen LogP contribution is 2.25. The van der Waals surface area contributed by atoms with Crippen LogP contribution >= 0.6 is 0 Å². The third-order valence-electron chi connectivity index (χ3n) is 5.34. The molecule has 4 rings (SSSR count). The van der Waals surface area contributed by atoms with Gasteiger partial charge in [0.15, 0.2) is 0 Å². The predicted molar refractivity (Wildman–Crippen MR) is 107 cm³/mol. The molecule has 26 heavy (non-hydrogen) atoms. The van der Waals surface area contributed by atoms with Gasteiger partial charge in [-0.2, -0.15) is 0 Å². The Kier molecular flexibility index (Phi) is 4.41. The average Bonchev–Trinajstić information content (AvgIpc) is 3.18. The third kappa shape index (κ3) is 3.19. The van der Waals surface area contributed by atoms with E-state index in [0.29, 0.717) is 12.1 Å². The molecule has 2 aromatic carbocycles. The Hall–Kier alpha value is -2.75. The van der Waals surface area contributed by atoms with Crippen molar-refractivity contribution in [1.82, 2.24) is 0 Å². The molecule has 0 amide bonds. The Balaban J connectivity index is 1.56. The van der Waals surface area contributed by atoms with Gasteiger partial charge in [0, 0.05) is 42.5 Å². The van der Waals surface area contributed by atoms with E-state index in [0.717, 1.165) is 40.9 Å². The Morgan fingerprint density at radius 1 is 1.04 bits per heavy atom. The molecule has 1 aliphatic rings. The van der Waals surface area contributed by atoms with Crippen LogP contribution in [-0.4, -0.2) is 13.1 Å². The SMILES string of the molecule is Cc1ccc2c(CNc3ccc(N4CCCC4)cc3)cc(=O)oc2c1C. The lowest BCUT2D eigenvalue weighted by Gasteiger charge is -2.18. The van der Waals surface area contributed by atoms with Crippen molar-refractivity contribution in [3.8, 4) is 0 Å². The zero-order valence-electron chi connectivity index (χ0n) is 15.3. The third-order valence-corrected chi connectivity index (χ3v) is 5.34. The zero-order chi connectivity index (χ0) is 18.1. The average molecular weight is 348 g/mol. The maximum absolute atomic E-state index is 12.0. The van der Waals surface area contributed by atoms with Crippen LogP contribution in [0.15, 0.2) is 51.7 Å². The fraction of sp³-hybridized carbons (Fsp3) is 0.318. The maximum Gasteiger partial charge on any atom is 0.336 e. The van der Waals surface area contributed by atoms with E-state index in [1.165, 1.54) is 18.5 Å². The normalized spacial score (nSPS) is 14.2. The topological polar surface area (TPSA) is 45.5 Å². The second-order valence-electron chi connectivity index (χ2n) is 7.07. The summed E-state index contributed by atoms with van der Waals surface area (Å²) in [5.74, 6) is 0. The highest BCUT2D eigenvalue weighted by atomic mass is 16.4. The van der Waals surface area contributed by atoms with Crippen LogP contribution in [0.4, 0.5) is 11.4 Å². The summed E-state index contributed by atoms with van der Waals surface area (Å²) in [4.78, 5) is 14.4. The Morgan fingerprint density at radius 3 is 2.50 bits per heavy atom. The van der Waals surface area contributed by atoms with Crippen LogP contribution in [0.2, 0.25) is 0 Å². The van der Waals surface area contributed by atoms with Crippen molar-refractivity contribution in [2.45, 2.75) is 33.2 Å². The number of aryl methyl sites for hydroxylation is 2. The molecule has 1 fully saturated rings. The number of anilines is 2. The lowest BCUT2D eigenvalue weighted by atomic mass is 10.0. The number of nitrogens with zero attached hydrogens (tertiary/aromatic N) is 1. The van der Waals surface area contributed by atoms with Gasteiger partial charge in [-0.3, -0.25) is 0 Å². The van der Waals surface area contributed by atoms with Crippen LogP contribution in [0.25, 0.3) is 11.0 Å². The van der Waals surface area contributed by atoms with Crippen LogP contribution in [0.1, 0.15) is 29.5 Å². The van der Waals surface area contributed by atoms with E-state index in [4.69, 9.17) is 4.42 Å². The first kappa shape index (κ1) is 16.7. The first-order valence-corrected chi connectivity index (χ1v) is 9.23. The highest BCUT2D eigenvalue weighted by molar-refractivity contribution is 5.84. The molecule has 0 radical (unpaired) electrons. The molecule has 1 aliphatic heterocycles. The molecule has 1 aromatic heterocycles. The first-order valence-electron chi connectivity index (χ1n) is 9.23. The Morgan fingerprint density at radius 2 is 1.77 bits per heavy atom. The zero-order valence-corrected chi connectivity index (χ0v) is 15.3. The molecule has 4 heteroatoms. The summed E-state index contributed by atoms with van der Waals surface area (Å²) in [7, 11) is 0. The summed E-state index contributed by atoms with van der Waals surface area (Å²) >= 11 is 0. The van der Waals surface area contributed by atoms with Crippen molar-refractivity contribution in [3.63, 3.8) is 0 Å². The van der Waals surface area contributed by atoms with Crippen molar-refractivity contribution in [2.24, 2.45) is 0 Å². The molecule has 0 spiro atoms. The van der Waals surface area contributed by atoms with Crippen LogP contribution in [0, 0.1) is 13.8 Å². The monoisotopic (exact) mass is 348 g/mol. The van der Waals surface area contributed by atoms with E-state index in [2.05, 4.69) is 40.5 Å². The van der Waals surface area contributed by atoms with Gasteiger partial charge < -0.3 is 14.6 Å². The number of nitrogens with one attached hydrogen (secondary N) is 1. The molecular formula is C22H24N2O2. The number of rotatable bonds is 4. The minimum Gasteiger partial charge on any atom is -0.422 e. The minimum atomic E-state index is -0.299. The molecule has 134 valence electrons. The van der Waals surface area contributed by atoms with E-state index in [9.17, 15) is 4.79 Å². The number of hydrogen-bond donors (Lipinski definition) is 1. The van der Waals surface area contributed by atoms with Crippen LogP contribution < -0.4 is 15.8 Å². The van der Waals surface area contributed by atoms with Gasteiger partial charge >= 0.3 is 5.63 Å². The van der Waals surface area contributed by atoms with E-state index < -0.39 is 0 Å². The molecule has 0 aliphatic carbocycles. The van der Waals surface area contributed by atoms with E-state index in [1.54, 1.807) is 6.07 Å². The van der Waals surface area contributed by atoms with Crippen molar-refractivity contribution in [1.29, 1.82) is 0 Å². The van der Waals surface area contributed by atoms with Crippen molar-refractivity contribution in [3.05, 3.63) is 69.6 Å². The van der Waals surface area contributed by atoms with E-state index in [1.807, 2.05) is 19.9 Å². The standard InChI is InChI=1S/C22H24N2O2/c1-15-5-10-20-17(13-21(25)26-22(20)16(15)2)14-23-18-6-8-19(9-7-18)24-11-3-4-12-24/h5-10,13,23H,3-4,11-12,14H2,1-2H3. The van der Waals surface area contributed by atoms with Crippen molar-refractivity contribution >= 4 is 22.3 Å². The summed E-state index contributed by atoms with van der Waals surface area (Å²) in [6, 6.07) is 14.2. The molecule has 1 saturated heterocycles. The van der Waals surface area contributed by atoms with Crippen molar-refractivity contribution in [2.75, 3.05) is 23.3 Å². The number of fused-ring (bicyclic) bond motifs is 1. The molecule has 0 unspecified atom stereocenters. The first-order chi connectivity index (χ1) is 12.6. The molecule has 4 nitrogen and oxygen atoms in total. The van der Waals surface area contributed by atoms with Gasteiger partial charge in [-0.05, 0) is 67.6 Å². The van der Waals surface area contributed by atoms with Gasteiger partial charge in [0.05, 0.1) is 0 Å². The lowest BCUT2D eigenvalue weighted by Crippen LogP contribution is -2.17. The van der Waals surface area contributed by atoms with Gasteiger partial charge in [-0.25, -0.2) is 4.79 Å². The van der Waals surface area contributed by atoms with E-state index >= 15 is 0 Å². The van der Waals surface area contributed by atoms with Gasteiger partial charge in [-0.15, -0.1) is 0 Å². The fourth-order valence-electron chi connectivity index (χ4n) is 3.63. The molecule has 0 saturated carbocycles. The van der Waals surface area contributed by atoms with Crippen LogP contribution in [0.3, 0.4) is 0 Å². The summed E-state index contributed by atoms with van der Waals surface area (Å²) in [6.07, 6.45) is 2.56. The molecular weight excluding hydrogens is 324 g/mol. The lowest BCUT2D eigenvalue weighted by molar-refractivity contribution is 0.556. The highest BCUT2D eigenvalue weighted by Gasteiger charge is 2.12. The summed E-state index contributed by atoms with van der Waals surface area (Å²) < 4.78 is 5.45. The van der Waals surface area contributed by atoms with Gasteiger partial charge in [0.25, 0.3) is 0 Å². The summed E-state index contributed by atoms with van der Waals surface area (Å²) in [6.45, 7) is 6.92. The Bertz CT molecular complexity index is 983. The van der Waals surface area contributed by atoms with E-state index in [-0.39, 0.29) is 5.63 Å². The van der Waals surface area contributed by atoms with Crippen molar-refractivity contribution < 1.29 is 4.42 Å². The second-order valence-corrected chi connectivity index (χ2v) is 7.07. The summed E-state index contributed by atoms with van der Waals surface area (Å²) in [5.41, 5.74) is 5.84. The maximum atomic E-state index is 12.0. The van der Waals surface area contributed by atoms with Gasteiger partial charge in [-0.1, -0.05) is 12.1 Å². The van der Waals surface area contributed by atoms with Crippen LogP contribution in [0.5, 0.6) is 0 Å².